The Hall–Kier alpha value is -1.82. The molecule has 0 aromatic heterocycles. The lowest BCUT2D eigenvalue weighted by molar-refractivity contribution is 0.585. The highest BCUT2D eigenvalue weighted by atomic mass is 14.2. The first kappa shape index (κ1) is 15.1. The zero-order valence-electron chi connectivity index (χ0n) is 14.6. The monoisotopic (exact) mass is 290 g/mol. The van der Waals surface area contributed by atoms with Crippen molar-refractivity contribution in [2.24, 2.45) is 0 Å². The molecular weight excluding hydrogens is 264 g/mol. The van der Waals surface area contributed by atoms with Crippen molar-refractivity contribution in [3.63, 3.8) is 0 Å². The first-order valence-electron chi connectivity index (χ1n) is 8.25. The van der Waals surface area contributed by atoms with Crippen molar-refractivity contribution in [1.29, 1.82) is 0 Å². The van der Waals surface area contributed by atoms with Crippen LogP contribution in [0.25, 0.3) is 21.5 Å². The molecule has 0 fully saturated rings. The Kier molecular flexibility index (Phi) is 3.51. The fraction of sp³-hybridized carbons (Fsp3) is 0.364. The summed E-state index contributed by atoms with van der Waals surface area (Å²) in [5.41, 5.74) is 4.54. The van der Waals surface area contributed by atoms with Crippen molar-refractivity contribution < 1.29 is 0 Å². The second-order valence-electron chi connectivity index (χ2n) is 7.79. The number of hydrogen-bond donors (Lipinski definition) is 0. The van der Waals surface area contributed by atoms with E-state index in [1.807, 2.05) is 0 Å². The largest absolute Gasteiger partial charge is 0.0616 e. The molecule has 0 aliphatic carbocycles. The van der Waals surface area contributed by atoms with Gasteiger partial charge in [-0.3, -0.25) is 0 Å². The molecule has 0 radical (unpaired) electrons. The number of benzene rings is 3. The smallest absolute Gasteiger partial charge is 0.0129 e. The average molecular weight is 290 g/mol. The standard InChI is InChI=1S/C22H26/c1-14(2)18-13-21(22(4,5)6)15(3)19-11-16-9-7-8-10-17(16)12-20(18)19/h7-14H,1-6H3. The molecule has 3 aromatic rings. The zero-order valence-corrected chi connectivity index (χ0v) is 14.6. The van der Waals surface area contributed by atoms with Crippen LogP contribution < -0.4 is 0 Å². The van der Waals surface area contributed by atoms with E-state index in [1.54, 1.807) is 0 Å². The van der Waals surface area contributed by atoms with Gasteiger partial charge in [-0.25, -0.2) is 0 Å². The molecule has 0 amide bonds. The zero-order chi connectivity index (χ0) is 16.1. The highest BCUT2D eigenvalue weighted by molar-refractivity contribution is 6.01. The molecule has 114 valence electrons. The maximum atomic E-state index is 2.44. The molecule has 0 aliphatic heterocycles. The van der Waals surface area contributed by atoms with Crippen LogP contribution in [-0.2, 0) is 5.41 Å². The fourth-order valence-corrected chi connectivity index (χ4v) is 3.53. The summed E-state index contributed by atoms with van der Waals surface area (Å²) in [7, 11) is 0. The van der Waals surface area contributed by atoms with Crippen LogP contribution >= 0.6 is 0 Å². The van der Waals surface area contributed by atoms with E-state index in [-0.39, 0.29) is 5.41 Å². The molecule has 3 rings (SSSR count). The number of fused-ring (bicyclic) bond motifs is 2. The SMILES string of the molecule is Cc1c(C(C)(C)C)cc(C(C)C)c2cc3ccccc3cc12. The normalized spacial score (nSPS) is 12.5. The van der Waals surface area contributed by atoms with Gasteiger partial charge in [0, 0.05) is 0 Å². The van der Waals surface area contributed by atoms with E-state index in [0.29, 0.717) is 5.92 Å². The van der Waals surface area contributed by atoms with Crippen molar-refractivity contribution in [2.45, 2.75) is 52.9 Å². The summed E-state index contributed by atoms with van der Waals surface area (Å²) >= 11 is 0. The molecular formula is C22H26. The molecule has 0 bridgehead atoms. The van der Waals surface area contributed by atoms with E-state index in [4.69, 9.17) is 0 Å². The molecule has 0 aliphatic rings. The molecule has 0 heterocycles. The molecule has 22 heavy (non-hydrogen) atoms. The summed E-state index contributed by atoms with van der Waals surface area (Å²) in [6, 6.07) is 15.9. The van der Waals surface area contributed by atoms with Crippen LogP contribution in [0.5, 0.6) is 0 Å². The summed E-state index contributed by atoms with van der Waals surface area (Å²) in [4.78, 5) is 0. The Morgan fingerprint density at radius 2 is 1.36 bits per heavy atom. The minimum atomic E-state index is 0.174. The predicted octanol–water partition coefficient (Wildman–Crippen LogP) is 6.72. The second kappa shape index (κ2) is 5.12. The van der Waals surface area contributed by atoms with E-state index in [9.17, 15) is 0 Å². The lowest BCUT2D eigenvalue weighted by Gasteiger charge is -2.26. The Morgan fingerprint density at radius 1 is 0.818 bits per heavy atom. The van der Waals surface area contributed by atoms with Crippen molar-refractivity contribution in [3.8, 4) is 0 Å². The van der Waals surface area contributed by atoms with Crippen molar-refractivity contribution >= 4 is 21.5 Å². The van der Waals surface area contributed by atoms with Crippen LogP contribution in [0.3, 0.4) is 0 Å². The molecule has 0 N–H and O–H groups in total. The van der Waals surface area contributed by atoms with E-state index in [1.165, 1.54) is 38.2 Å². The van der Waals surface area contributed by atoms with Gasteiger partial charge in [-0.1, -0.05) is 65.0 Å². The van der Waals surface area contributed by atoms with Crippen LogP contribution in [0.4, 0.5) is 0 Å². The highest BCUT2D eigenvalue weighted by Gasteiger charge is 2.20. The van der Waals surface area contributed by atoms with Crippen molar-refractivity contribution in [2.75, 3.05) is 0 Å². The van der Waals surface area contributed by atoms with Crippen LogP contribution in [0.15, 0.2) is 42.5 Å². The summed E-state index contributed by atoms with van der Waals surface area (Å²) in [5, 5.41) is 5.49. The quantitative estimate of drug-likeness (QED) is 0.436. The molecule has 0 spiro atoms. The lowest BCUT2D eigenvalue weighted by Crippen LogP contribution is -2.14. The maximum Gasteiger partial charge on any atom is -0.0129 e. The fourth-order valence-electron chi connectivity index (χ4n) is 3.53. The Labute approximate surface area is 134 Å². The van der Waals surface area contributed by atoms with Gasteiger partial charge in [0.25, 0.3) is 0 Å². The molecule has 3 aromatic carbocycles. The second-order valence-corrected chi connectivity index (χ2v) is 7.79. The van der Waals surface area contributed by atoms with Gasteiger partial charge in [-0.15, -0.1) is 0 Å². The minimum Gasteiger partial charge on any atom is -0.0616 e. The number of hydrogen-bond acceptors (Lipinski definition) is 0. The van der Waals surface area contributed by atoms with Gasteiger partial charge in [0.05, 0.1) is 0 Å². The summed E-state index contributed by atoms with van der Waals surface area (Å²) in [6.07, 6.45) is 0. The van der Waals surface area contributed by atoms with Gasteiger partial charge in [-0.2, -0.15) is 0 Å². The molecule has 0 saturated carbocycles. The molecule has 0 heteroatoms. The van der Waals surface area contributed by atoms with Crippen LogP contribution in [0.1, 0.15) is 57.2 Å². The van der Waals surface area contributed by atoms with Gasteiger partial charge in [-0.05, 0) is 68.6 Å². The van der Waals surface area contributed by atoms with E-state index >= 15 is 0 Å². The Morgan fingerprint density at radius 3 is 1.86 bits per heavy atom. The van der Waals surface area contributed by atoms with Crippen LogP contribution in [-0.4, -0.2) is 0 Å². The van der Waals surface area contributed by atoms with Crippen LogP contribution in [0.2, 0.25) is 0 Å². The minimum absolute atomic E-state index is 0.174. The van der Waals surface area contributed by atoms with E-state index < -0.39 is 0 Å². The Balaban J connectivity index is 2.49. The molecule has 0 saturated heterocycles. The van der Waals surface area contributed by atoms with Gasteiger partial charge >= 0.3 is 0 Å². The van der Waals surface area contributed by atoms with Gasteiger partial charge < -0.3 is 0 Å². The molecule has 0 nitrogen and oxygen atoms in total. The summed E-state index contributed by atoms with van der Waals surface area (Å²) in [5.74, 6) is 0.533. The topological polar surface area (TPSA) is 0 Å². The van der Waals surface area contributed by atoms with Crippen molar-refractivity contribution in [1.82, 2.24) is 0 Å². The third-order valence-corrected chi connectivity index (χ3v) is 4.73. The summed E-state index contributed by atoms with van der Waals surface area (Å²) in [6.45, 7) is 13.8. The third kappa shape index (κ3) is 2.41. The maximum absolute atomic E-state index is 2.44. The summed E-state index contributed by atoms with van der Waals surface area (Å²) < 4.78 is 0. The molecule has 0 atom stereocenters. The van der Waals surface area contributed by atoms with Gasteiger partial charge in [0.2, 0.25) is 0 Å². The van der Waals surface area contributed by atoms with Gasteiger partial charge in [0.1, 0.15) is 0 Å². The molecule has 0 unspecified atom stereocenters. The number of rotatable bonds is 1. The highest BCUT2D eigenvalue weighted by Crippen LogP contribution is 2.37. The third-order valence-electron chi connectivity index (χ3n) is 4.73. The van der Waals surface area contributed by atoms with E-state index in [2.05, 4.69) is 84.0 Å². The first-order valence-corrected chi connectivity index (χ1v) is 8.25. The van der Waals surface area contributed by atoms with Gasteiger partial charge in [0.15, 0.2) is 0 Å². The lowest BCUT2D eigenvalue weighted by atomic mass is 9.79. The van der Waals surface area contributed by atoms with E-state index in [0.717, 1.165) is 0 Å². The number of aryl methyl sites for hydroxylation is 1. The first-order chi connectivity index (χ1) is 10.3. The predicted molar refractivity (Wildman–Crippen MR) is 99.0 cm³/mol. The van der Waals surface area contributed by atoms with Crippen molar-refractivity contribution in [3.05, 3.63) is 59.2 Å². The Bertz CT molecular complexity index is 845. The average Bonchev–Trinajstić information content (AvgIpc) is 2.44. The van der Waals surface area contributed by atoms with Crippen LogP contribution in [0, 0.1) is 6.92 Å².